The van der Waals surface area contributed by atoms with Gasteiger partial charge in [-0.1, -0.05) is 42.5 Å². The van der Waals surface area contributed by atoms with E-state index in [2.05, 4.69) is 5.32 Å². The standard InChI is InChI=1S/C17H19NO3S/c1-13(15-6-4-3-5-7-15)18-17(19)12-14-8-10-16(11-9-14)22(2,20)21/h3-11,13H,12H2,1-2H3,(H,18,19). The van der Waals surface area contributed by atoms with Gasteiger partial charge in [0.1, 0.15) is 0 Å². The Bertz CT molecular complexity index is 737. The number of rotatable bonds is 5. The van der Waals surface area contributed by atoms with Crippen LogP contribution in [0, 0.1) is 0 Å². The number of hydrogen-bond donors (Lipinski definition) is 1. The van der Waals surface area contributed by atoms with Crippen molar-refractivity contribution >= 4 is 15.7 Å². The molecule has 1 unspecified atom stereocenters. The zero-order valence-corrected chi connectivity index (χ0v) is 13.4. The first kappa shape index (κ1) is 16.2. The van der Waals surface area contributed by atoms with Crippen molar-refractivity contribution in [1.82, 2.24) is 5.32 Å². The van der Waals surface area contributed by atoms with Crippen molar-refractivity contribution in [3.63, 3.8) is 0 Å². The quantitative estimate of drug-likeness (QED) is 0.921. The van der Waals surface area contributed by atoms with E-state index < -0.39 is 9.84 Å². The lowest BCUT2D eigenvalue weighted by molar-refractivity contribution is -0.121. The molecule has 5 heteroatoms. The highest BCUT2D eigenvalue weighted by molar-refractivity contribution is 7.90. The van der Waals surface area contributed by atoms with Gasteiger partial charge >= 0.3 is 0 Å². The first-order valence-corrected chi connectivity index (χ1v) is 8.89. The van der Waals surface area contributed by atoms with Crippen LogP contribution in [0.15, 0.2) is 59.5 Å². The van der Waals surface area contributed by atoms with Crippen molar-refractivity contribution in [3.8, 4) is 0 Å². The van der Waals surface area contributed by atoms with Gasteiger partial charge in [-0.25, -0.2) is 8.42 Å². The van der Waals surface area contributed by atoms with E-state index >= 15 is 0 Å². The molecule has 0 spiro atoms. The third-order valence-corrected chi connectivity index (χ3v) is 4.52. The second kappa shape index (κ2) is 6.75. The summed E-state index contributed by atoms with van der Waals surface area (Å²) in [4.78, 5) is 12.3. The smallest absolute Gasteiger partial charge is 0.224 e. The van der Waals surface area contributed by atoms with Crippen molar-refractivity contribution in [1.29, 1.82) is 0 Å². The van der Waals surface area contributed by atoms with Crippen LogP contribution in [0.25, 0.3) is 0 Å². The average Bonchev–Trinajstić information content (AvgIpc) is 2.47. The van der Waals surface area contributed by atoms with Gasteiger partial charge in [0, 0.05) is 6.26 Å². The molecule has 0 fully saturated rings. The summed E-state index contributed by atoms with van der Waals surface area (Å²) in [5.74, 6) is -0.0940. The number of hydrogen-bond acceptors (Lipinski definition) is 3. The molecular weight excluding hydrogens is 298 g/mol. The molecule has 0 saturated heterocycles. The van der Waals surface area contributed by atoms with E-state index in [-0.39, 0.29) is 23.3 Å². The van der Waals surface area contributed by atoms with Crippen molar-refractivity contribution in [2.45, 2.75) is 24.3 Å². The number of carbonyl (C=O) groups is 1. The summed E-state index contributed by atoms with van der Waals surface area (Å²) in [5.41, 5.74) is 1.83. The van der Waals surface area contributed by atoms with Gasteiger partial charge in [0.2, 0.25) is 5.91 Å². The molecule has 0 bridgehead atoms. The van der Waals surface area contributed by atoms with Crippen molar-refractivity contribution < 1.29 is 13.2 Å². The van der Waals surface area contributed by atoms with Gasteiger partial charge in [-0.3, -0.25) is 4.79 Å². The number of sulfone groups is 1. The Labute approximate surface area is 131 Å². The average molecular weight is 317 g/mol. The van der Waals surface area contributed by atoms with Gasteiger partial charge in [-0.2, -0.15) is 0 Å². The fourth-order valence-corrected chi connectivity index (χ4v) is 2.79. The van der Waals surface area contributed by atoms with Crippen LogP contribution in [0.5, 0.6) is 0 Å². The summed E-state index contributed by atoms with van der Waals surface area (Å²) in [7, 11) is -3.20. The largest absolute Gasteiger partial charge is 0.349 e. The molecule has 0 aromatic heterocycles. The minimum atomic E-state index is -3.20. The van der Waals surface area contributed by atoms with Gasteiger partial charge in [0.25, 0.3) is 0 Å². The van der Waals surface area contributed by atoms with Gasteiger partial charge < -0.3 is 5.32 Å². The molecule has 1 amide bonds. The fourth-order valence-electron chi connectivity index (χ4n) is 2.16. The van der Waals surface area contributed by atoms with Crippen molar-refractivity contribution in [2.24, 2.45) is 0 Å². The third kappa shape index (κ3) is 4.43. The lowest BCUT2D eigenvalue weighted by Gasteiger charge is -2.14. The maximum Gasteiger partial charge on any atom is 0.224 e. The molecule has 2 aromatic carbocycles. The molecule has 4 nitrogen and oxygen atoms in total. The van der Waals surface area contributed by atoms with E-state index in [1.165, 1.54) is 12.1 Å². The highest BCUT2D eigenvalue weighted by atomic mass is 32.2. The molecule has 0 aliphatic heterocycles. The zero-order chi connectivity index (χ0) is 16.2. The molecule has 0 radical (unpaired) electrons. The minimum Gasteiger partial charge on any atom is -0.349 e. The summed E-state index contributed by atoms with van der Waals surface area (Å²) < 4.78 is 22.8. The third-order valence-electron chi connectivity index (χ3n) is 3.39. The Morgan fingerprint density at radius 3 is 2.18 bits per heavy atom. The Balaban J connectivity index is 1.98. The summed E-state index contributed by atoms with van der Waals surface area (Å²) >= 11 is 0. The van der Waals surface area contributed by atoms with E-state index in [9.17, 15) is 13.2 Å². The first-order valence-electron chi connectivity index (χ1n) is 6.99. The van der Waals surface area contributed by atoms with Gasteiger partial charge in [-0.05, 0) is 30.2 Å². The van der Waals surface area contributed by atoms with E-state index in [1.807, 2.05) is 37.3 Å². The summed E-state index contributed by atoms with van der Waals surface area (Å²) in [6.07, 6.45) is 1.39. The van der Waals surface area contributed by atoms with E-state index in [0.29, 0.717) is 0 Å². The molecule has 0 aliphatic carbocycles. The topological polar surface area (TPSA) is 63.2 Å². The SMILES string of the molecule is CC(NC(=O)Cc1ccc(S(C)(=O)=O)cc1)c1ccccc1. The number of nitrogens with one attached hydrogen (secondary N) is 1. The monoisotopic (exact) mass is 317 g/mol. The Morgan fingerprint density at radius 1 is 1.05 bits per heavy atom. The van der Waals surface area contributed by atoms with E-state index in [1.54, 1.807) is 12.1 Å². The zero-order valence-electron chi connectivity index (χ0n) is 12.6. The van der Waals surface area contributed by atoms with E-state index in [0.717, 1.165) is 17.4 Å². The Morgan fingerprint density at radius 2 is 1.64 bits per heavy atom. The molecular formula is C17H19NO3S. The summed E-state index contributed by atoms with van der Waals surface area (Å²) in [6.45, 7) is 1.93. The van der Waals surface area contributed by atoms with Crippen LogP contribution in [-0.2, 0) is 21.1 Å². The van der Waals surface area contributed by atoms with Crippen LogP contribution >= 0.6 is 0 Å². The second-order valence-electron chi connectivity index (χ2n) is 5.29. The second-order valence-corrected chi connectivity index (χ2v) is 7.31. The normalized spacial score (nSPS) is 12.6. The van der Waals surface area contributed by atoms with Crippen LogP contribution < -0.4 is 5.32 Å². The lowest BCUT2D eigenvalue weighted by atomic mass is 10.1. The number of benzene rings is 2. The van der Waals surface area contributed by atoms with Gasteiger partial charge in [0.15, 0.2) is 9.84 Å². The summed E-state index contributed by atoms with van der Waals surface area (Å²) in [5, 5.41) is 2.93. The molecule has 0 heterocycles. The van der Waals surface area contributed by atoms with Crippen LogP contribution in [0.4, 0.5) is 0 Å². The maximum absolute atomic E-state index is 12.0. The minimum absolute atomic E-state index is 0.0657. The lowest BCUT2D eigenvalue weighted by Crippen LogP contribution is -2.28. The Kier molecular flexibility index (Phi) is 4.98. The van der Waals surface area contributed by atoms with Crippen molar-refractivity contribution in [2.75, 3.05) is 6.26 Å². The predicted octanol–water partition coefficient (Wildman–Crippen LogP) is 2.51. The van der Waals surface area contributed by atoms with Crippen LogP contribution in [-0.4, -0.2) is 20.6 Å². The fraction of sp³-hybridized carbons (Fsp3) is 0.235. The highest BCUT2D eigenvalue weighted by Gasteiger charge is 2.11. The first-order chi connectivity index (χ1) is 10.4. The number of carbonyl (C=O) groups excluding carboxylic acids is 1. The van der Waals surface area contributed by atoms with Crippen LogP contribution in [0.1, 0.15) is 24.1 Å². The van der Waals surface area contributed by atoms with Crippen LogP contribution in [0.2, 0.25) is 0 Å². The Hall–Kier alpha value is -2.14. The maximum atomic E-state index is 12.0. The molecule has 0 aliphatic rings. The molecule has 1 N–H and O–H groups in total. The molecule has 2 rings (SSSR count). The van der Waals surface area contributed by atoms with Crippen molar-refractivity contribution in [3.05, 3.63) is 65.7 Å². The molecule has 2 aromatic rings. The van der Waals surface area contributed by atoms with Gasteiger partial charge in [-0.15, -0.1) is 0 Å². The van der Waals surface area contributed by atoms with Gasteiger partial charge in [0.05, 0.1) is 17.4 Å². The molecule has 0 saturated carbocycles. The highest BCUT2D eigenvalue weighted by Crippen LogP contribution is 2.13. The molecule has 22 heavy (non-hydrogen) atoms. The molecule has 1 atom stereocenters. The summed E-state index contributed by atoms with van der Waals surface area (Å²) in [6, 6.07) is 16.1. The predicted molar refractivity (Wildman–Crippen MR) is 86.3 cm³/mol. The number of amides is 1. The molecule has 116 valence electrons. The van der Waals surface area contributed by atoms with E-state index in [4.69, 9.17) is 0 Å². The van der Waals surface area contributed by atoms with Crippen LogP contribution in [0.3, 0.4) is 0 Å².